The Bertz CT molecular complexity index is 755. The molecule has 0 bridgehead atoms. The molecule has 0 radical (unpaired) electrons. The van der Waals surface area contributed by atoms with Crippen molar-refractivity contribution in [3.05, 3.63) is 24.3 Å². The highest BCUT2D eigenvalue weighted by Gasteiger charge is 2.33. The van der Waals surface area contributed by atoms with Crippen LogP contribution in [0.5, 0.6) is 0 Å². The zero-order valence-corrected chi connectivity index (χ0v) is 16.3. The van der Waals surface area contributed by atoms with Gasteiger partial charge in [0.2, 0.25) is 5.91 Å². The number of halogens is 1. The van der Waals surface area contributed by atoms with Crippen LogP contribution in [-0.4, -0.2) is 56.2 Å². The fraction of sp³-hybridized carbons (Fsp3) is 0.526. The van der Waals surface area contributed by atoms with Crippen molar-refractivity contribution >= 4 is 36.0 Å². The first-order chi connectivity index (χ1) is 13.5. The maximum Gasteiger partial charge on any atom is 0.414 e. The predicted molar refractivity (Wildman–Crippen MR) is 106 cm³/mol. The number of piperidine rings is 1. The Morgan fingerprint density at radius 3 is 2.68 bits per heavy atom. The van der Waals surface area contributed by atoms with Gasteiger partial charge in [-0.3, -0.25) is 9.69 Å². The second kappa shape index (κ2) is 9.15. The van der Waals surface area contributed by atoms with Crippen LogP contribution < -0.4 is 15.1 Å². The van der Waals surface area contributed by atoms with Gasteiger partial charge in [-0.15, -0.1) is 0 Å². The van der Waals surface area contributed by atoms with Gasteiger partial charge in [-0.1, -0.05) is 0 Å². The Morgan fingerprint density at radius 1 is 1.32 bits per heavy atom. The molecule has 0 aromatic heterocycles. The molecule has 150 valence electrons. The molecule has 28 heavy (non-hydrogen) atoms. The SMILES string of the molecule is N#CCC1CCN(c2ccc(N3CC(CNC(=O)CS)OC3=O)cc2)CC1F. The van der Waals surface area contributed by atoms with Crippen LogP contribution in [0.25, 0.3) is 0 Å². The predicted octanol–water partition coefficient (Wildman–Crippen LogP) is 2.14. The van der Waals surface area contributed by atoms with Gasteiger partial charge in [0.1, 0.15) is 12.3 Å². The average molecular weight is 406 g/mol. The van der Waals surface area contributed by atoms with E-state index >= 15 is 0 Å². The van der Waals surface area contributed by atoms with Crippen LogP contribution in [0.1, 0.15) is 12.8 Å². The lowest BCUT2D eigenvalue weighted by Crippen LogP contribution is -2.41. The standard InChI is InChI=1S/C19H23FN4O3S/c20-17-11-23(8-6-13(17)5-7-21)14-1-3-15(4-2-14)24-10-16(27-19(24)26)9-22-18(25)12-28/h1-4,13,16-17,28H,5-6,8-12H2,(H,22,25). The van der Waals surface area contributed by atoms with E-state index in [0.717, 1.165) is 5.69 Å². The van der Waals surface area contributed by atoms with Gasteiger partial charge in [0.15, 0.2) is 0 Å². The lowest BCUT2D eigenvalue weighted by Gasteiger charge is -2.35. The van der Waals surface area contributed by atoms with Gasteiger partial charge in [0, 0.05) is 36.8 Å². The van der Waals surface area contributed by atoms with Crippen LogP contribution in [0.2, 0.25) is 0 Å². The number of cyclic esters (lactones) is 1. The smallest absolute Gasteiger partial charge is 0.414 e. The van der Waals surface area contributed by atoms with Crippen molar-refractivity contribution in [1.29, 1.82) is 5.26 Å². The Hall–Kier alpha value is -2.47. The van der Waals surface area contributed by atoms with E-state index in [9.17, 15) is 14.0 Å². The van der Waals surface area contributed by atoms with Gasteiger partial charge < -0.3 is 15.0 Å². The van der Waals surface area contributed by atoms with E-state index in [1.54, 1.807) is 12.1 Å². The first-order valence-corrected chi connectivity index (χ1v) is 9.86. The molecule has 1 N–H and O–H groups in total. The molecule has 7 nitrogen and oxygen atoms in total. The third kappa shape index (κ3) is 4.68. The normalized spacial score (nSPS) is 24.6. The van der Waals surface area contributed by atoms with Gasteiger partial charge in [0.25, 0.3) is 0 Å². The van der Waals surface area contributed by atoms with Crippen LogP contribution in [0.15, 0.2) is 24.3 Å². The highest BCUT2D eigenvalue weighted by atomic mass is 32.1. The summed E-state index contributed by atoms with van der Waals surface area (Å²) < 4.78 is 19.5. The van der Waals surface area contributed by atoms with Crippen LogP contribution in [0, 0.1) is 17.2 Å². The zero-order chi connectivity index (χ0) is 20.1. The molecule has 3 atom stereocenters. The molecule has 2 heterocycles. The van der Waals surface area contributed by atoms with E-state index in [4.69, 9.17) is 10.00 Å². The number of benzene rings is 1. The van der Waals surface area contributed by atoms with E-state index in [-0.39, 0.29) is 37.1 Å². The van der Waals surface area contributed by atoms with Gasteiger partial charge in [0.05, 0.1) is 24.9 Å². The molecule has 1 aromatic rings. The number of amides is 2. The lowest BCUT2D eigenvalue weighted by atomic mass is 9.92. The molecule has 2 aliphatic heterocycles. The number of alkyl halides is 1. The second-order valence-electron chi connectivity index (χ2n) is 6.97. The number of carbonyl (C=O) groups is 2. The minimum absolute atomic E-state index is 0.0827. The molecular weight excluding hydrogens is 383 g/mol. The topological polar surface area (TPSA) is 85.7 Å². The van der Waals surface area contributed by atoms with E-state index in [0.29, 0.717) is 25.2 Å². The maximum absolute atomic E-state index is 14.2. The highest BCUT2D eigenvalue weighted by Crippen LogP contribution is 2.29. The number of thiol groups is 1. The number of hydrogen-bond donors (Lipinski definition) is 2. The molecule has 3 rings (SSSR count). The highest BCUT2D eigenvalue weighted by molar-refractivity contribution is 7.81. The lowest BCUT2D eigenvalue weighted by molar-refractivity contribution is -0.118. The van der Waals surface area contributed by atoms with Crippen molar-refractivity contribution in [3.8, 4) is 6.07 Å². The molecule has 0 saturated carbocycles. The van der Waals surface area contributed by atoms with E-state index in [2.05, 4.69) is 24.0 Å². The fourth-order valence-corrected chi connectivity index (χ4v) is 3.61. The number of ether oxygens (including phenoxy) is 1. The summed E-state index contributed by atoms with van der Waals surface area (Å²) in [6.07, 6.45) is -0.994. The summed E-state index contributed by atoms with van der Waals surface area (Å²) in [4.78, 5) is 26.9. The quantitative estimate of drug-likeness (QED) is 0.707. The van der Waals surface area contributed by atoms with Crippen LogP contribution >= 0.6 is 12.6 Å². The number of carbonyl (C=O) groups excluding carboxylic acids is 2. The third-order valence-corrected chi connectivity index (χ3v) is 5.39. The van der Waals surface area contributed by atoms with Crippen molar-refractivity contribution in [1.82, 2.24) is 5.32 Å². The monoisotopic (exact) mass is 406 g/mol. The maximum atomic E-state index is 14.2. The van der Waals surface area contributed by atoms with E-state index < -0.39 is 18.4 Å². The number of nitrogens with one attached hydrogen (secondary N) is 1. The molecule has 2 amide bonds. The molecule has 9 heteroatoms. The Labute approximate surface area is 168 Å². The van der Waals surface area contributed by atoms with Gasteiger partial charge in [-0.2, -0.15) is 17.9 Å². The van der Waals surface area contributed by atoms with Crippen molar-refractivity contribution in [3.63, 3.8) is 0 Å². The van der Waals surface area contributed by atoms with Crippen molar-refractivity contribution < 1.29 is 18.7 Å². The molecule has 0 spiro atoms. The summed E-state index contributed by atoms with van der Waals surface area (Å²) in [5.74, 6) is -0.328. The number of rotatable bonds is 6. The Kier molecular flexibility index (Phi) is 6.62. The summed E-state index contributed by atoms with van der Waals surface area (Å²) in [5.41, 5.74) is 1.57. The Balaban J connectivity index is 1.58. The zero-order valence-electron chi connectivity index (χ0n) is 15.4. The summed E-state index contributed by atoms with van der Waals surface area (Å²) >= 11 is 3.89. The molecule has 3 unspecified atom stereocenters. The van der Waals surface area contributed by atoms with Gasteiger partial charge in [-0.25, -0.2) is 9.18 Å². The van der Waals surface area contributed by atoms with E-state index in [1.807, 2.05) is 17.0 Å². The number of nitrogens with zero attached hydrogens (tertiary/aromatic N) is 3. The second-order valence-corrected chi connectivity index (χ2v) is 7.28. The molecule has 2 fully saturated rings. The first kappa shape index (κ1) is 20.3. The summed E-state index contributed by atoms with van der Waals surface area (Å²) in [5, 5.41) is 11.4. The van der Waals surface area contributed by atoms with E-state index in [1.165, 1.54) is 4.90 Å². The van der Waals surface area contributed by atoms with Crippen molar-refractivity contribution in [2.75, 3.05) is 41.7 Å². The largest absolute Gasteiger partial charge is 0.442 e. The minimum Gasteiger partial charge on any atom is -0.442 e. The van der Waals surface area contributed by atoms with Crippen LogP contribution in [0.4, 0.5) is 20.6 Å². The average Bonchev–Trinajstić information content (AvgIpc) is 3.08. The van der Waals surface area contributed by atoms with Crippen molar-refractivity contribution in [2.45, 2.75) is 25.1 Å². The third-order valence-electron chi connectivity index (χ3n) is 5.10. The first-order valence-electron chi connectivity index (χ1n) is 9.23. The van der Waals surface area contributed by atoms with Gasteiger partial charge in [-0.05, 0) is 30.7 Å². The van der Waals surface area contributed by atoms with Gasteiger partial charge >= 0.3 is 6.09 Å². The fourth-order valence-electron chi connectivity index (χ4n) is 3.50. The number of nitriles is 1. The van der Waals surface area contributed by atoms with Crippen LogP contribution in [0.3, 0.4) is 0 Å². The number of hydrogen-bond acceptors (Lipinski definition) is 6. The molecule has 1 aromatic carbocycles. The minimum atomic E-state index is -1.02. The molecule has 2 aliphatic rings. The summed E-state index contributed by atoms with van der Waals surface area (Å²) in [6, 6.07) is 9.38. The summed E-state index contributed by atoms with van der Waals surface area (Å²) in [7, 11) is 0. The summed E-state index contributed by atoms with van der Waals surface area (Å²) in [6.45, 7) is 1.56. The molecular formula is C19H23FN4O3S. The van der Waals surface area contributed by atoms with Crippen LogP contribution in [-0.2, 0) is 9.53 Å². The molecule has 0 aliphatic carbocycles. The molecule has 2 saturated heterocycles. The Morgan fingerprint density at radius 2 is 2.04 bits per heavy atom. The number of anilines is 2. The van der Waals surface area contributed by atoms with Crippen molar-refractivity contribution in [2.24, 2.45) is 5.92 Å².